The number of thioether (sulfide) groups is 1. The number of benzene rings is 1. The van der Waals surface area contributed by atoms with Crippen molar-refractivity contribution in [3.8, 4) is 0 Å². The molecule has 0 aliphatic rings. The molecule has 1 aromatic rings. The zero-order valence-electron chi connectivity index (χ0n) is 10.2. The van der Waals surface area contributed by atoms with E-state index in [2.05, 4.69) is 0 Å². The third-order valence-electron chi connectivity index (χ3n) is 2.11. The minimum atomic E-state index is -0.424. The van der Waals surface area contributed by atoms with Gasteiger partial charge in [-0.15, -0.1) is 0 Å². The van der Waals surface area contributed by atoms with Crippen LogP contribution < -0.4 is 0 Å². The summed E-state index contributed by atoms with van der Waals surface area (Å²) in [5.74, 6) is 0.217. The zero-order valence-corrected chi connectivity index (χ0v) is 11.1. The maximum Gasteiger partial charge on any atom is 0.312 e. The van der Waals surface area contributed by atoms with Gasteiger partial charge in [-0.1, -0.05) is 30.0 Å². The molecule has 2 nitrogen and oxygen atoms in total. The number of hydrogen-bond acceptors (Lipinski definition) is 3. The fourth-order valence-electron chi connectivity index (χ4n) is 1.08. The lowest BCUT2D eigenvalue weighted by Gasteiger charge is -2.16. The third-order valence-corrected chi connectivity index (χ3v) is 3.12. The van der Waals surface area contributed by atoms with Crippen LogP contribution in [0.25, 0.3) is 0 Å². The van der Waals surface area contributed by atoms with E-state index < -0.39 is 5.41 Å². The van der Waals surface area contributed by atoms with Crippen LogP contribution in [0, 0.1) is 12.3 Å². The van der Waals surface area contributed by atoms with E-state index in [0.717, 1.165) is 4.90 Å². The van der Waals surface area contributed by atoms with Gasteiger partial charge < -0.3 is 4.74 Å². The highest BCUT2D eigenvalue weighted by Crippen LogP contribution is 2.23. The largest absolute Gasteiger partial charge is 0.454 e. The fraction of sp³-hybridized carbons (Fsp3) is 0.462. The van der Waals surface area contributed by atoms with Crippen molar-refractivity contribution in [2.45, 2.75) is 32.6 Å². The van der Waals surface area contributed by atoms with Crippen LogP contribution in [0.5, 0.6) is 0 Å². The molecular formula is C13H18O2S. The molecule has 0 amide bonds. The summed E-state index contributed by atoms with van der Waals surface area (Å²) in [7, 11) is 0. The number of carbonyl (C=O) groups excluding carboxylic acids is 1. The van der Waals surface area contributed by atoms with Crippen LogP contribution in [0.3, 0.4) is 0 Å². The molecule has 0 fully saturated rings. The third kappa shape index (κ3) is 3.89. The lowest BCUT2D eigenvalue weighted by atomic mass is 9.98. The predicted molar refractivity (Wildman–Crippen MR) is 67.5 cm³/mol. The number of esters is 1. The Morgan fingerprint density at radius 3 is 2.50 bits per heavy atom. The highest BCUT2D eigenvalue weighted by atomic mass is 32.2. The van der Waals surface area contributed by atoms with Crippen molar-refractivity contribution in [1.29, 1.82) is 0 Å². The van der Waals surface area contributed by atoms with Gasteiger partial charge >= 0.3 is 5.97 Å². The Morgan fingerprint density at radius 2 is 1.94 bits per heavy atom. The quantitative estimate of drug-likeness (QED) is 0.457. The second-order valence-corrected chi connectivity index (χ2v) is 5.67. The van der Waals surface area contributed by atoms with Crippen LogP contribution in [0.2, 0.25) is 0 Å². The maximum atomic E-state index is 11.5. The average molecular weight is 238 g/mol. The highest BCUT2D eigenvalue weighted by molar-refractivity contribution is 7.99. The van der Waals surface area contributed by atoms with Crippen LogP contribution in [0.1, 0.15) is 26.3 Å². The Kier molecular flexibility index (Phi) is 4.42. The van der Waals surface area contributed by atoms with Gasteiger partial charge in [0.1, 0.15) is 5.94 Å². The summed E-state index contributed by atoms with van der Waals surface area (Å²) in [5, 5.41) is 0. The highest BCUT2D eigenvalue weighted by Gasteiger charge is 2.22. The summed E-state index contributed by atoms with van der Waals surface area (Å²) in [6.45, 7) is 7.61. The van der Waals surface area contributed by atoms with Gasteiger partial charge in [-0.05, 0) is 39.3 Å². The molecule has 0 aliphatic carbocycles. The average Bonchev–Trinajstić information content (AvgIpc) is 2.19. The summed E-state index contributed by atoms with van der Waals surface area (Å²) in [5.41, 5.74) is 0.783. The first-order valence-electron chi connectivity index (χ1n) is 5.27. The molecular weight excluding hydrogens is 220 g/mol. The molecule has 1 rings (SSSR count). The van der Waals surface area contributed by atoms with Crippen LogP contribution in [-0.2, 0) is 9.53 Å². The van der Waals surface area contributed by atoms with Crippen molar-refractivity contribution >= 4 is 17.7 Å². The van der Waals surface area contributed by atoms with Crippen LogP contribution in [0.4, 0.5) is 0 Å². The molecule has 0 N–H and O–H groups in total. The number of carbonyl (C=O) groups is 1. The Morgan fingerprint density at radius 1 is 1.31 bits per heavy atom. The van der Waals surface area contributed by atoms with Gasteiger partial charge in [0.25, 0.3) is 0 Å². The lowest BCUT2D eigenvalue weighted by molar-refractivity contribution is -0.150. The second kappa shape index (κ2) is 5.39. The molecule has 0 unspecified atom stereocenters. The van der Waals surface area contributed by atoms with E-state index in [9.17, 15) is 4.79 Å². The first kappa shape index (κ1) is 13.1. The maximum absolute atomic E-state index is 11.5. The first-order valence-corrected chi connectivity index (χ1v) is 6.25. The van der Waals surface area contributed by atoms with Crippen LogP contribution >= 0.6 is 11.8 Å². The molecule has 0 saturated carbocycles. The molecule has 0 atom stereocenters. The monoisotopic (exact) mass is 238 g/mol. The number of aryl methyl sites for hydroxylation is 1. The van der Waals surface area contributed by atoms with E-state index in [1.165, 1.54) is 5.56 Å². The summed E-state index contributed by atoms with van der Waals surface area (Å²) in [6.07, 6.45) is 0. The van der Waals surface area contributed by atoms with Crippen molar-refractivity contribution in [2.75, 3.05) is 5.94 Å². The number of hydrogen-bond donors (Lipinski definition) is 0. The Bertz CT molecular complexity index is 366. The SMILES string of the molecule is Cc1ccccc1SCOC(=O)C(C)(C)C. The van der Waals surface area contributed by atoms with Gasteiger partial charge in [0.15, 0.2) is 0 Å². The minimum Gasteiger partial charge on any atom is -0.454 e. The topological polar surface area (TPSA) is 26.3 Å². The van der Waals surface area contributed by atoms with Gasteiger partial charge in [-0.25, -0.2) is 0 Å². The molecule has 0 aliphatic heterocycles. The van der Waals surface area contributed by atoms with Crippen molar-refractivity contribution < 1.29 is 9.53 Å². The molecule has 1 aromatic carbocycles. The van der Waals surface area contributed by atoms with Gasteiger partial charge in [0, 0.05) is 4.90 Å². The molecule has 0 saturated heterocycles. The summed E-state index contributed by atoms with van der Waals surface area (Å²) in [4.78, 5) is 12.7. The fourth-order valence-corrected chi connectivity index (χ4v) is 1.84. The van der Waals surface area contributed by atoms with E-state index >= 15 is 0 Å². The Balaban J connectivity index is 2.43. The molecule has 0 heterocycles. The van der Waals surface area contributed by atoms with Gasteiger partial charge in [-0.2, -0.15) is 0 Å². The molecule has 0 spiro atoms. The number of ether oxygens (including phenoxy) is 1. The standard InChI is InChI=1S/C13H18O2S/c1-10-7-5-6-8-11(10)16-9-15-12(14)13(2,3)4/h5-8H,9H2,1-4H3. The van der Waals surface area contributed by atoms with E-state index in [-0.39, 0.29) is 5.97 Å². The minimum absolute atomic E-state index is 0.159. The van der Waals surface area contributed by atoms with Gasteiger partial charge in [0.2, 0.25) is 0 Å². The van der Waals surface area contributed by atoms with Crippen LogP contribution in [0.15, 0.2) is 29.2 Å². The molecule has 0 bridgehead atoms. The number of rotatable bonds is 3. The van der Waals surface area contributed by atoms with E-state index in [4.69, 9.17) is 4.74 Å². The molecule has 0 aromatic heterocycles. The lowest BCUT2D eigenvalue weighted by Crippen LogP contribution is -2.22. The smallest absolute Gasteiger partial charge is 0.312 e. The Hall–Kier alpha value is -0.960. The zero-order chi connectivity index (χ0) is 12.2. The van der Waals surface area contributed by atoms with Gasteiger partial charge in [-0.3, -0.25) is 4.79 Å². The molecule has 88 valence electrons. The van der Waals surface area contributed by atoms with E-state index in [1.54, 1.807) is 11.8 Å². The van der Waals surface area contributed by atoms with E-state index in [1.807, 2.05) is 52.0 Å². The molecule has 0 radical (unpaired) electrons. The van der Waals surface area contributed by atoms with E-state index in [0.29, 0.717) is 5.94 Å². The summed E-state index contributed by atoms with van der Waals surface area (Å²) < 4.78 is 5.19. The van der Waals surface area contributed by atoms with Gasteiger partial charge in [0.05, 0.1) is 5.41 Å². The Labute approximate surface area is 101 Å². The second-order valence-electron chi connectivity index (χ2n) is 4.71. The summed E-state index contributed by atoms with van der Waals surface area (Å²) >= 11 is 1.55. The van der Waals surface area contributed by atoms with Crippen molar-refractivity contribution in [3.63, 3.8) is 0 Å². The first-order chi connectivity index (χ1) is 7.41. The van der Waals surface area contributed by atoms with Crippen molar-refractivity contribution in [1.82, 2.24) is 0 Å². The van der Waals surface area contributed by atoms with Crippen molar-refractivity contribution in [3.05, 3.63) is 29.8 Å². The predicted octanol–water partition coefficient (Wildman–Crippen LogP) is 3.63. The van der Waals surface area contributed by atoms with Crippen LogP contribution in [-0.4, -0.2) is 11.9 Å². The van der Waals surface area contributed by atoms with Crippen molar-refractivity contribution in [2.24, 2.45) is 5.41 Å². The molecule has 16 heavy (non-hydrogen) atoms. The summed E-state index contributed by atoms with van der Waals surface area (Å²) in [6, 6.07) is 8.07. The normalized spacial score (nSPS) is 11.2. The molecule has 3 heteroatoms.